The van der Waals surface area contributed by atoms with Crippen molar-refractivity contribution < 1.29 is 36.9 Å². The number of aliphatic hydroxyl groups is 1. The normalized spacial score (nSPS) is 38.0. The van der Waals surface area contributed by atoms with Crippen LogP contribution in [0.4, 0.5) is 10.2 Å². The number of rotatable bonds is 2. The minimum atomic E-state index is -4.24. The highest BCUT2D eigenvalue weighted by Gasteiger charge is 2.58. The lowest BCUT2D eigenvalue weighted by Gasteiger charge is -2.30. The molecule has 2 saturated heterocycles. The van der Waals surface area contributed by atoms with Gasteiger partial charge in [0.15, 0.2) is 35.0 Å². The number of nitrogen functional groups attached to an aromatic ring is 1. The van der Waals surface area contributed by atoms with Gasteiger partial charge in [-0.05, 0) is 13.3 Å². The molecule has 1 aliphatic carbocycles. The molecule has 17 nitrogen and oxygen atoms in total. The Morgan fingerprint density at radius 2 is 1.84 bits per heavy atom. The van der Waals surface area contributed by atoms with Gasteiger partial charge in [-0.15, -0.1) is 0 Å². The Hall–Kier alpha value is -2.41. The number of hydrogen-bond donors (Lipinski definition) is 5. The first-order valence-corrected chi connectivity index (χ1v) is 18.9. The van der Waals surface area contributed by atoms with Crippen molar-refractivity contribution in [2.45, 2.75) is 68.3 Å². The van der Waals surface area contributed by atoms with Crippen LogP contribution in [0.15, 0.2) is 23.8 Å². The average Bonchev–Trinajstić information content (AvgIpc) is 3.69. The number of nitrogens with two attached hydrogens (primary N) is 1. The molecule has 10 atom stereocenters. The van der Waals surface area contributed by atoms with Crippen LogP contribution in [0.3, 0.4) is 0 Å². The van der Waals surface area contributed by atoms with Crippen molar-refractivity contribution >= 4 is 66.0 Å². The molecule has 0 spiro atoms. The molecule has 1 saturated carbocycles. The number of aromatic nitrogens is 8. The zero-order valence-electron chi connectivity index (χ0n) is 22.7. The Labute approximate surface area is 257 Å². The first-order chi connectivity index (χ1) is 20.8. The van der Waals surface area contributed by atoms with Crippen molar-refractivity contribution in [3.8, 4) is 0 Å². The first-order valence-electron chi connectivity index (χ1n) is 13.4. The van der Waals surface area contributed by atoms with Gasteiger partial charge in [-0.3, -0.25) is 18.5 Å². The van der Waals surface area contributed by atoms with Crippen LogP contribution in [0.5, 0.6) is 0 Å². The second-order valence-electron chi connectivity index (χ2n) is 10.7. The molecule has 236 valence electrons. The van der Waals surface area contributed by atoms with E-state index in [9.17, 15) is 19.0 Å². The van der Waals surface area contributed by atoms with E-state index in [1.54, 1.807) is 6.92 Å². The zero-order valence-corrected chi connectivity index (χ0v) is 26.2. The van der Waals surface area contributed by atoms with Crippen molar-refractivity contribution in [1.82, 2.24) is 39.0 Å². The maximum absolute atomic E-state index is 16.4. The number of aryl methyl sites for hydroxylation is 1. The topological polar surface area (TPSA) is 224 Å². The maximum atomic E-state index is 16.4. The molecule has 4 aromatic rings. The summed E-state index contributed by atoms with van der Waals surface area (Å²) >= 11 is 8.44. The van der Waals surface area contributed by atoms with Gasteiger partial charge < -0.3 is 34.2 Å². The molecule has 6 heterocycles. The molecule has 44 heavy (non-hydrogen) atoms. The highest BCUT2D eigenvalue weighted by molar-refractivity contribution is 8.46. The fourth-order valence-electron chi connectivity index (χ4n) is 6.08. The number of imidazole rings is 2. The molecule has 0 amide bonds. The van der Waals surface area contributed by atoms with E-state index in [2.05, 4.69) is 54.4 Å². The van der Waals surface area contributed by atoms with Crippen LogP contribution in [0.1, 0.15) is 30.9 Å². The number of aromatic amines is 1. The Bertz CT molecular complexity index is 1930. The van der Waals surface area contributed by atoms with Crippen LogP contribution in [-0.2, 0) is 27.4 Å². The summed E-state index contributed by atoms with van der Waals surface area (Å²) in [6.07, 6.45) is -4.94. The molecule has 2 aliphatic heterocycles. The summed E-state index contributed by atoms with van der Waals surface area (Å²) in [5.74, 6) is 0.382. The molecule has 22 heteroatoms. The number of H-pyrrole nitrogens is 1. The molecule has 0 aromatic carbocycles. The molecular formula is C22H26FN9O8P2S2. The zero-order chi connectivity index (χ0) is 31.1. The van der Waals surface area contributed by atoms with E-state index in [1.807, 2.05) is 0 Å². The fourth-order valence-corrected chi connectivity index (χ4v) is 10.7. The number of hydrogen-bond acceptors (Lipinski definition) is 14. The van der Waals surface area contributed by atoms with Gasteiger partial charge in [-0.25, -0.2) is 33.9 Å². The van der Waals surface area contributed by atoms with Gasteiger partial charge in [-0.2, -0.15) is 0 Å². The summed E-state index contributed by atoms with van der Waals surface area (Å²) in [5, 5.41) is 11.4. The van der Waals surface area contributed by atoms with Crippen LogP contribution in [-0.4, -0.2) is 87.0 Å². The minimum Gasteiger partial charge on any atom is -0.388 e. The highest BCUT2D eigenvalue weighted by atomic mass is 32.7. The molecule has 7 rings (SSSR count). The van der Waals surface area contributed by atoms with Crippen LogP contribution in [0.25, 0.3) is 22.3 Å². The molecule has 2 bridgehead atoms. The van der Waals surface area contributed by atoms with E-state index < -0.39 is 67.4 Å². The lowest BCUT2D eigenvalue weighted by molar-refractivity contribution is -0.0270. The molecule has 0 radical (unpaired) electrons. The van der Waals surface area contributed by atoms with E-state index in [-0.39, 0.29) is 47.6 Å². The second kappa shape index (κ2) is 10.8. The summed E-state index contributed by atoms with van der Waals surface area (Å²) in [6, 6.07) is -0.890. The summed E-state index contributed by atoms with van der Waals surface area (Å²) in [5.41, 5.74) is 4.55. The summed E-state index contributed by atoms with van der Waals surface area (Å²) in [4.78, 5) is 35.7. The van der Waals surface area contributed by atoms with Crippen molar-refractivity contribution in [2.75, 3.05) is 12.3 Å². The number of halogens is 1. The van der Waals surface area contributed by atoms with Crippen molar-refractivity contribution in [3.05, 3.63) is 35.2 Å². The third-order valence-corrected chi connectivity index (χ3v) is 12.7. The SMILES string of the molecule is Cc1nc2c(ncn2[C@@H]2C[C@@H]3OP(=O)(S)[C@H]4[C@@H](F)[C@H](n5cnc6c(N)ncnc65)O[C@@H]4CCOP(=O)(S)O[C@@H]2[C@@H]3O)c(=O)[nH]1. The molecule has 4 N–H and O–H groups in total. The number of fused-ring (bicyclic) bond motifs is 5. The predicted molar refractivity (Wildman–Crippen MR) is 158 cm³/mol. The third-order valence-electron chi connectivity index (χ3n) is 8.01. The van der Waals surface area contributed by atoms with Gasteiger partial charge in [0.05, 0.1) is 37.5 Å². The van der Waals surface area contributed by atoms with Gasteiger partial charge in [0.1, 0.15) is 35.5 Å². The predicted octanol–water partition coefficient (Wildman–Crippen LogP) is 2.11. The van der Waals surface area contributed by atoms with Crippen LogP contribution in [0, 0.1) is 6.92 Å². The Morgan fingerprint density at radius 3 is 2.64 bits per heavy atom. The smallest absolute Gasteiger partial charge is 0.386 e. The lowest BCUT2D eigenvalue weighted by atomic mass is 10.1. The molecule has 3 fully saturated rings. The van der Waals surface area contributed by atoms with Crippen molar-refractivity contribution in [3.63, 3.8) is 0 Å². The summed E-state index contributed by atoms with van der Waals surface area (Å²) < 4.78 is 69.9. The fraction of sp³-hybridized carbons (Fsp3) is 0.545. The highest BCUT2D eigenvalue weighted by Crippen LogP contribution is 2.66. The van der Waals surface area contributed by atoms with Gasteiger partial charge in [0, 0.05) is 6.42 Å². The number of alkyl halides is 1. The van der Waals surface area contributed by atoms with Crippen molar-refractivity contribution in [2.24, 2.45) is 0 Å². The summed E-state index contributed by atoms with van der Waals surface area (Å²) in [7, 11) is 0. The van der Waals surface area contributed by atoms with Gasteiger partial charge in [0.2, 0.25) is 0 Å². The standard InChI is InChI=1S/C22H26FN9O8P2S2/c1-8-29-20-14(21(34)30-8)28-6-31(20)9-4-11-15(33)16(9)40-42(36,44)37-3-2-10-17(41(35,43)39-11)12(23)22(38-10)32-7-27-13-18(24)25-5-26-19(13)32/h5-7,9-12,15-17,22,33H,2-4H2,1H3,(H,35,43)(H,36,44)(H2,24,25,26)(H,29,30,34)/t9-,10-,11+,12-,15-,16+,17-,22-,41?,42?/m1/s1. The largest absolute Gasteiger partial charge is 0.388 e. The number of ether oxygens (including phenoxy) is 1. The van der Waals surface area contributed by atoms with Gasteiger partial charge in [-0.1, -0.05) is 24.5 Å². The van der Waals surface area contributed by atoms with E-state index in [4.69, 9.17) is 24.0 Å². The Morgan fingerprint density at radius 1 is 1.09 bits per heavy atom. The maximum Gasteiger partial charge on any atom is 0.386 e. The minimum absolute atomic E-state index is 0.0209. The van der Waals surface area contributed by atoms with E-state index in [0.717, 1.165) is 0 Å². The molecular weight excluding hydrogens is 663 g/mol. The Balaban J connectivity index is 1.26. The van der Waals surface area contributed by atoms with Gasteiger partial charge in [0.25, 0.3) is 12.1 Å². The van der Waals surface area contributed by atoms with Crippen LogP contribution >= 0.6 is 37.9 Å². The van der Waals surface area contributed by atoms with Crippen LogP contribution < -0.4 is 11.3 Å². The number of thiol groups is 2. The van der Waals surface area contributed by atoms with Crippen LogP contribution in [0.2, 0.25) is 0 Å². The van der Waals surface area contributed by atoms with E-state index >= 15 is 4.39 Å². The molecule has 4 aromatic heterocycles. The van der Waals surface area contributed by atoms with Crippen molar-refractivity contribution in [1.29, 1.82) is 0 Å². The quantitative estimate of drug-likeness (QED) is 0.150. The molecule has 3 aliphatic rings. The van der Waals surface area contributed by atoms with Gasteiger partial charge >= 0.3 is 6.80 Å². The molecule has 2 unspecified atom stereocenters. The summed E-state index contributed by atoms with van der Waals surface area (Å²) in [6.45, 7) is -7.12. The Kier molecular flexibility index (Phi) is 7.46. The van der Waals surface area contributed by atoms with E-state index in [0.29, 0.717) is 5.82 Å². The lowest BCUT2D eigenvalue weighted by Crippen LogP contribution is -2.36. The number of nitrogens with zero attached hydrogens (tertiary/aromatic N) is 7. The average molecular weight is 690 g/mol. The first kappa shape index (κ1) is 30.3. The third kappa shape index (κ3) is 5.00. The number of nitrogens with one attached hydrogen (secondary N) is 1. The van der Waals surface area contributed by atoms with E-state index in [1.165, 1.54) is 28.1 Å². The number of aliphatic hydroxyl groups excluding tert-OH is 1. The number of anilines is 1. The monoisotopic (exact) mass is 689 g/mol. The second-order valence-corrected chi connectivity index (χ2v) is 17.2.